The van der Waals surface area contributed by atoms with Crippen LogP contribution in [0.1, 0.15) is 69.5 Å². The van der Waals surface area contributed by atoms with Gasteiger partial charge in [-0.2, -0.15) is 0 Å². The SMILES string of the molecule is CCOc1ccc(C2CCCCC2NC(C)c2ccccc2)cc1OCC. The normalized spacial score (nSPS) is 20.9. The summed E-state index contributed by atoms with van der Waals surface area (Å²) in [5, 5.41) is 3.90. The molecule has 0 radical (unpaired) electrons. The van der Waals surface area contributed by atoms with Gasteiger partial charge in [-0.15, -0.1) is 0 Å². The molecule has 3 heteroatoms. The highest BCUT2D eigenvalue weighted by Gasteiger charge is 2.28. The van der Waals surface area contributed by atoms with Gasteiger partial charge in [0, 0.05) is 12.1 Å². The van der Waals surface area contributed by atoms with Crippen LogP contribution in [0.4, 0.5) is 0 Å². The molecule has 3 nitrogen and oxygen atoms in total. The van der Waals surface area contributed by atoms with Crippen LogP contribution < -0.4 is 14.8 Å². The van der Waals surface area contributed by atoms with Crippen LogP contribution in [-0.2, 0) is 0 Å². The Hall–Kier alpha value is -2.00. The number of nitrogens with one attached hydrogen (secondary N) is 1. The van der Waals surface area contributed by atoms with Gasteiger partial charge in [-0.1, -0.05) is 49.2 Å². The van der Waals surface area contributed by atoms with Gasteiger partial charge in [0.2, 0.25) is 0 Å². The molecular formula is C24H33NO2. The summed E-state index contributed by atoms with van der Waals surface area (Å²) in [5.74, 6) is 2.23. The minimum absolute atomic E-state index is 0.353. The Morgan fingerprint density at radius 1 is 0.926 bits per heavy atom. The van der Waals surface area contributed by atoms with E-state index in [1.54, 1.807) is 0 Å². The minimum Gasteiger partial charge on any atom is -0.490 e. The largest absolute Gasteiger partial charge is 0.490 e. The first-order valence-corrected chi connectivity index (χ1v) is 10.4. The number of ether oxygens (including phenoxy) is 2. The van der Waals surface area contributed by atoms with E-state index in [4.69, 9.17) is 9.47 Å². The summed E-state index contributed by atoms with van der Waals surface area (Å²) in [6.07, 6.45) is 5.03. The Bertz CT molecular complexity index is 701. The molecule has 3 rings (SSSR count). The first-order valence-electron chi connectivity index (χ1n) is 10.4. The molecule has 1 saturated carbocycles. The number of benzene rings is 2. The third-order valence-corrected chi connectivity index (χ3v) is 5.53. The molecule has 27 heavy (non-hydrogen) atoms. The van der Waals surface area contributed by atoms with Gasteiger partial charge < -0.3 is 14.8 Å². The summed E-state index contributed by atoms with van der Waals surface area (Å²) in [7, 11) is 0. The van der Waals surface area contributed by atoms with E-state index in [9.17, 15) is 0 Å². The molecule has 3 atom stereocenters. The third-order valence-electron chi connectivity index (χ3n) is 5.53. The lowest BCUT2D eigenvalue weighted by Gasteiger charge is -2.35. The maximum absolute atomic E-state index is 5.86. The van der Waals surface area contributed by atoms with Crippen molar-refractivity contribution in [2.24, 2.45) is 0 Å². The Kier molecular flexibility index (Phi) is 7.17. The second kappa shape index (κ2) is 9.80. The van der Waals surface area contributed by atoms with Gasteiger partial charge >= 0.3 is 0 Å². The van der Waals surface area contributed by atoms with Gasteiger partial charge in [0.15, 0.2) is 11.5 Å². The first-order chi connectivity index (χ1) is 13.2. The molecule has 2 aromatic rings. The lowest BCUT2D eigenvalue weighted by atomic mass is 9.79. The predicted octanol–water partition coefficient (Wildman–Crippen LogP) is 5.86. The van der Waals surface area contributed by atoms with Gasteiger partial charge in [0.1, 0.15) is 0 Å². The van der Waals surface area contributed by atoms with Gasteiger partial charge in [0.25, 0.3) is 0 Å². The van der Waals surface area contributed by atoms with Crippen molar-refractivity contribution in [3.05, 3.63) is 59.7 Å². The lowest BCUT2D eigenvalue weighted by Crippen LogP contribution is -2.38. The van der Waals surface area contributed by atoms with Crippen LogP contribution in [0, 0.1) is 0 Å². The molecule has 0 aromatic heterocycles. The van der Waals surface area contributed by atoms with E-state index >= 15 is 0 Å². The Labute approximate surface area is 164 Å². The average molecular weight is 368 g/mol. The fourth-order valence-corrected chi connectivity index (χ4v) is 4.19. The molecule has 0 bridgehead atoms. The summed E-state index contributed by atoms with van der Waals surface area (Å²) in [5.41, 5.74) is 2.71. The summed E-state index contributed by atoms with van der Waals surface area (Å²) < 4.78 is 11.6. The molecule has 1 aliphatic carbocycles. The Morgan fingerprint density at radius 3 is 2.37 bits per heavy atom. The van der Waals surface area contributed by atoms with E-state index in [-0.39, 0.29) is 0 Å². The van der Waals surface area contributed by atoms with E-state index in [1.807, 2.05) is 13.8 Å². The zero-order valence-corrected chi connectivity index (χ0v) is 16.9. The smallest absolute Gasteiger partial charge is 0.161 e. The maximum atomic E-state index is 5.86. The Morgan fingerprint density at radius 2 is 1.63 bits per heavy atom. The first kappa shape index (κ1) is 19.8. The second-order valence-corrected chi connectivity index (χ2v) is 7.37. The van der Waals surface area contributed by atoms with Gasteiger partial charge in [-0.3, -0.25) is 0 Å². The van der Waals surface area contributed by atoms with E-state index in [0.29, 0.717) is 31.2 Å². The molecule has 0 spiro atoms. The number of rotatable bonds is 8. The maximum Gasteiger partial charge on any atom is 0.161 e. The summed E-state index contributed by atoms with van der Waals surface area (Å²) in [6.45, 7) is 7.61. The summed E-state index contributed by atoms with van der Waals surface area (Å²) >= 11 is 0. The topological polar surface area (TPSA) is 30.5 Å². The van der Waals surface area contributed by atoms with Crippen LogP contribution in [0.2, 0.25) is 0 Å². The average Bonchev–Trinajstić information content (AvgIpc) is 2.71. The second-order valence-electron chi connectivity index (χ2n) is 7.37. The monoisotopic (exact) mass is 367 g/mol. The summed E-state index contributed by atoms with van der Waals surface area (Å²) in [4.78, 5) is 0. The molecule has 2 aromatic carbocycles. The quantitative estimate of drug-likeness (QED) is 0.634. The molecule has 3 unspecified atom stereocenters. The fraction of sp³-hybridized carbons (Fsp3) is 0.500. The fourth-order valence-electron chi connectivity index (χ4n) is 4.19. The number of hydrogen-bond acceptors (Lipinski definition) is 3. The highest BCUT2D eigenvalue weighted by Crippen LogP contribution is 2.38. The van der Waals surface area contributed by atoms with Crippen LogP contribution in [0.25, 0.3) is 0 Å². The number of hydrogen-bond donors (Lipinski definition) is 1. The standard InChI is InChI=1S/C24H33NO2/c1-4-26-23-16-15-20(17-24(23)27-5-2)21-13-9-10-14-22(21)25-18(3)19-11-7-6-8-12-19/h6-8,11-12,15-18,21-22,25H,4-5,9-10,13-14H2,1-3H3. The molecule has 0 aliphatic heterocycles. The van der Waals surface area contributed by atoms with Crippen molar-refractivity contribution in [3.8, 4) is 11.5 Å². The molecule has 0 amide bonds. The van der Waals surface area contributed by atoms with Crippen molar-refractivity contribution in [2.75, 3.05) is 13.2 Å². The van der Waals surface area contributed by atoms with Crippen LogP contribution >= 0.6 is 0 Å². The molecule has 0 heterocycles. The van der Waals surface area contributed by atoms with Gasteiger partial charge in [-0.05, 0) is 62.8 Å². The molecule has 0 saturated heterocycles. The van der Waals surface area contributed by atoms with Crippen molar-refractivity contribution in [1.29, 1.82) is 0 Å². The Balaban J connectivity index is 1.79. The molecule has 1 fully saturated rings. The molecule has 1 N–H and O–H groups in total. The lowest BCUT2D eigenvalue weighted by molar-refractivity contribution is 0.283. The minimum atomic E-state index is 0.353. The van der Waals surface area contributed by atoms with Crippen molar-refractivity contribution in [2.45, 2.75) is 64.5 Å². The van der Waals surface area contributed by atoms with Crippen molar-refractivity contribution in [1.82, 2.24) is 5.32 Å². The third kappa shape index (κ3) is 5.04. The molecule has 1 aliphatic rings. The van der Waals surface area contributed by atoms with Crippen molar-refractivity contribution < 1.29 is 9.47 Å². The van der Waals surface area contributed by atoms with Crippen LogP contribution in [-0.4, -0.2) is 19.3 Å². The zero-order chi connectivity index (χ0) is 19.1. The molecule has 146 valence electrons. The van der Waals surface area contributed by atoms with E-state index < -0.39 is 0 Å². The van der Waals surface area contributed by atoms with Crippen molar-refractivity contribution in [3.63, 3.8) is 0 Å². The van der Waals surface area contributed by atoms with Gasteiger partial charge in [-0.25, -0.2) is 0 Å². The highest BCUT2D eigenvalue weighted by atomic mass is 16.5. The summed E-state index contributed by atoms with van der Waals surface area (Å²) in [6, 6.07) is 18.1. The molecular weight excluding hydrogens is 334 g/mol. The van der Waals surface area contributed by atoms with Crippen LogP contribution in [0.5, 0.6) is 11.5 Å². The zero-order valence-electron chi connectivity index (χ0n) is 16.9. The van der Waals surface area contributed by atoms with Crippen molar-refractivity contribution >= 4 is 0 Å². The predicted molar refractivity (Wildman–Crippen MR) is 112 cm³/mol. The highest BCUT2D eigenvalue weighted by molar-refractivity contribution is 5.44. The van der Waals surface area contributed by atoms with E-state index in [0.717, 1.165) is 11.5 Å². The van der Waals surface area contributed by atoms with E-state index in [1.165, 1.54) is 36.8 Å². The van der Waals surface area contributed by atoms with Crippen LogP contribution in [0.3, 0.4) is 0 Å². The van der Waals surface area contributed by atoms with Crippen LogP contribution in [0.15, 0.2) is 48.5 Å². The van der Waals surface area contributed by atoms with Gasteiger partial charge in [0.05, 0.1) is 13.2 Å². The van der Waals surface area contributed by atoms with E-state index in [2.05, 4.69) is 60.8 Å².